The lowest BCUT2D eigenvalue weighted by Crippen LogP contribution is -2.27. The highest BCUT2D eigenvalue weighted by molar-refractivity contribution is 7.89. The zero-order chi connectivity index (χ0) is 14.5. The third kappa shape index (κ3) is 4.18. The summed E-state index contributed by atoms with van der Waals surface area (Å²) in [7, 11) is -2.13. The largest absolute Gasteiger partial charge is 0.480 e. The van der Waals surface area contributed by atoms with Crippen molar-refractivity contribution in [3.63, 3.8) is 0 Å². The first-order valence-electron chi connectivity index (χ1n) is 5.69. The van der Waals surface area contributed by atoms with E-state index in [4.69, 9.17) is 5.11 Å². The summed E-state index contributed by atoms with van der Waals surface area (Å²) in [6.07, 6.45) is 5.52. The van der Waals surface area contributed by atoms with Gasteiger partial charge in [-0.2, -0.15) is 5.10 Å². The van der Waals surface area contributed by atoms with Crippen LogP contribution >= 0.6 is 0 Å². The molecule has 0 aliphatic heterocycles. The predicted octanol–water partition coefficient (Wildman–Crippen LogP) is 0.554. The molecule has 1 aromatic rings. The molecule has 7 nitrogen and oxygen atoms in total. The Labute approximate surface area is 112 Å². The molecule has 0 atom stereocenters. The van der Waals surface area contributed by atoms with Crippen molar-refractivity contribution in [1.82, 2.24) is 14.1 Å². The SMILES string of the molecule is C=CCCCN(C)S(=O)(=O)c1cnn(CC(=O)O)c1. The van der Waals surface area contributed by atoms with E-state index in [2.05, 4.69) is 11.7 Å². The molecule has 0 aromatic carbocycles. The Kier molecular flexibility index (Phi) is 5.25. The molecule has 1 aromatic heterocycles. The van der Waals surface area contributed by atoms with Gasteiger partial charge in [0.15, 0.2) is 0 Å². The van der Waals surface area contributed by atoms with Crippen LogP contribution in [0.25, 0.3) is 0 Å². The summed E-state index contributed by atoms with van der Waals surface area (Å²) in [6, 6.07) is 0. The highest BCUT2D eigenvalue weighted by atomic mass is 32.2. The van der Waals surface area contributed by atoms with Gasteiger partial charge in [-0.3, -0.25) is 9.48 Å². The number of rotatable bonds is 8. The fourth-order valence-electron chi connectivity index (χ4n) is 1.46. The molecule has 0 radical (unpaired) electrons. The van der Waals surface area contributed by atoms with Gasteiger partial charge in [0.05, 0.1) is 6.20 Å². The monoisotopic (exact) mass is 287 g/mol. The molecule has 19 heavy (non-hydrogen) atoms. The molecule has 0 fully saturated rings. The summed E-state index contributed by atoms with van der Waals surface area (Å²) in [5.41, 5.74) is 0. The molecule has 0 bridgehead atoms. The van der Waals surface area contributed by atoms with Crippen LogP contribution in [0.15, 0.2) is 29.9 Å². The normalized spacial score (nSPS) is 11.7. The molecule has 1 N–H and O–H groups in total. The van der Waals surface area contributed by atoms with Crippen molar-refractivity contribution < 1.29 is 18.3 Å². The van der Waals surface area contributed by atoms with Crippen LogP contribution in [0.1, 0.15) is 12.8 Å². The number of carbonyl (C=O) groups is 1. The van der Waals surface area contributed by atoms with Crippen molar-refractivity contribution in [2.24, 2.45) is 0 Å². The predicted molar refractivity (Wildman–Crippen MR) is 69.1 cm³/mol. The van der Waals surface area contributed by atoms with Crippen LogP contribution in [0.5, 0.6) is 0 Å². The second kappa shape index (κ2) is 6.48. The van der Waals surface area contributed by atoms with E-state index in [9.17, 15) is 13.2 Å². The first kappa shape index (κ1) is 15.4. The minimum absolute atomic E-state index is 0.00477. The van der Waals surface area contributed by atoms with Gasteiger partial charge in [0.1, 0.15) is 11.4 Å². The lowest BCUT2D eigenvalue weighted by atomic mass is 10.3. The molecule has 106 valence electrons. The van der Waals surface area contributed by atoms with E-state index < -0.39 is 16.0 Å². The Morgan fingerprint density at radius 1 is 1.63 bits per heavy atom. The van der Waals surface area contributed by atoms with Crippen LogP contribution in [0.2, 0.25) is 0 Å². The molecule has 0 unspecified atom stereocenters. The highest BCUT2D eigenvalue weighted by Crippen LogP contribution is 2.13. The van der Waals surface area contributed by atoms with Crippen molar-refractivity contribution in [2.75, 3.05) is 13.6 Å². The molecule has 1 rings (SSSR count). The topological polar surface area (TPSA) is 92.5 Å². The van der Waals surface area contributed by atoms with Gasteiger partial charge >= 0.3 is 5.97 Å². The van der Waals surface area contributed by atoms with Crippen molar-refractivity contribution in [3.8, 4) is 0 Å². The van der Waals surface area contributed by atoms with Gasteiger partial charge in [0.2, 0.25) is 10.0 Å². The van der Waals surface area contributed by atoms with E-state index >= 15 is 0 Å². The average molecular weight is 287 g/mol. The minimum atomic E-state index is -3.61. The Bertz CT molecular complexity index is 550. The molecule has 1 heterocycles. The second-order valence-electron chi connectivity index (χ2n) is 4.02. The first-order valence-corrected chi connectivity index (χ1v) is 7.13. The molecule has 0 aliphatic rings. The summed E-state index contributed by atoms with van der Waals surface area (Å²) in [5, 5.41) is 12.3. The fraction of sp³-hybridized carbons (Fsp3) is 0.455. The second-order valence-corrected chi connectivity index (χ2v) is 6.07. The van der Waals surface area contributed by atoms with Crippen molar-refractivity contribution in [3.05, 3.63) is 25.0 Å². The molecule has 8 heteroatoms. The lowest BCUT2D eigenvalue weighted by Gasteiger charge is -2.15. The van der Waals surface area contributed by atoms with E-state index in [-0.39, 0.29) is 11.4 Å². The highest BCUT2D eigenvalue weighted by Gasteiger charge is 2.22. The smallest absolute Gasteiger partial charge is 0.325 e. The number of aliphatic carboxylic acids is 1. The van der Waals surface area contributed by atoms with Crippen LogP contribution in [-0.4, -0.2) is 47.2 Å². The number of hydrogen-bond donors (Lipinski definition) is 1. The Hall–Kier alpha value is -1.67. The number of carboxylic acid groups (broad SMARTS) is 1. The van der Waals surface area contributed by atoms with E-state index in [1.807, 2.05) is 0 Å². The third-order valence-electron chi connectivity index (χ3n) is 2.50. The van der Waals surface area contributed by atoms with Crippen LogP contribution in [0.4, 0.5) is 0 Å². The van der Waals surface area contributed by atoms with Crippen LogP contribution in [-0.2, 0) is 21.4 Å². The Morgan fingerprint density at radius 2 is 2.32 bits per heavy atom. The van der Waals surface area contributed by atoms with Crippen molar-refractivity contribution >= 4 is 16.0 Å². The molecule has 0 amide bonds. The molecular formula is C11H17N3O4S. The van der Waals surface area contributed by atoms with E-state index in [0.717, 1.165) is 17.3 Å². The van der Waals surface area contributed by atoms with Crippen LogP contribution in [0, 0.1) is 0 Å². The molecule has 0 saturated carbocycles. The number of hydrogen-bond acceptors (Lipinski definition) is 4. The van der Waals surface area contributed by atoms with E-state index in [1.165, 1.54) is 17.5 Å². The lowest BCUT2D eigenvalue weighted by molar-refractivity contribution is -0.137. The Balaban J connectivity index is 2.78. The number of sulfonamides is 1. The summed E-state index contributed by atoms with van der Waals surface area (Å²) in [6.45, 7) is 3.58. The van der Waals surface area contributed by atoms with Crippen LogP contribution < -0.4 is 0 Å². The van der Waals surface area contributed by atoms with Gasteiger partial charge in [-0.15, -0.1) is 6.58 Å². The van der Waals surface area contributed by atoms with Gasteiger partial charge in [-0.05, 0) is 12.8 Å². The maximum atomic E-state index is 12.1. The molecular weight excluding hydrogens is 270 g/mol. The summed E-state index contributed by atoms with van der Waals surface area (Å²) in [5.74, 6) is -1.08. The Morgan fingerprint density at radius 3 is 2.89 bits per heavy atom. The zero-order valence-corrected chi connectivity index (χ0v) is 11.5. The van der Waals surface area contributed by atoms with Gasteiger partial charge in [0, 0.05) is 19.8 Å². The molecule has 0 aliphatic carbocycles. The van der Waals surface area contributed by atoms with Gasteiger partial charge < -0.3 is 5.11 Å². The van der Waals surface area contributed by atoms with Crippen LogP contribution in [0.3, 0.4) is 0 Å². The number of allylic oxidation sites excluding steroid dienone is 1. The molecule has 0 saturated heterocycles. The number of unbranched alkanes of at least 4 members (excludes halogenated alkanes) is 1. The van der Waals surface area contributed by atoms with Gasteiger partial charge in [-0.25, -0.2) is 12.7 Å². The van der Waals surface area contributed by atoms with Gasteiger partial charge in [-0.1, -0.05) is 6.08 Å². The van der Waals surface area contributed by atoms with Crippen molar-refractivity contribution in [1.29, 1.82) is 0 Å². The summed E-state index contributed by atoms with van der Waals surface area (Å²) >= 11 is 0. The maximum Gasteiger partial charge on any atom is 0.325 e. The summed E-state index contributed by atoms with van der Waals surface area (Å²) < 4.78 is 26.5. The van der Waals surface area contributed by atoms with Gasteiger partial charge in [0.25, 0.3) is 0 Å². The van der Waals surface area contributed by atoms with Crippen molar-refractivity contribution in [2.45, 2.75) is 24.3 Å². The quantitative estimate of drug-likeness (QED) is 0.557. The zero-order valence-electron chi connectivity index (χ0n) is 10.7. The van der Waals surface area contributed by atoms with E-state index in [0.29, 0.717) is 13.0 Å². The number of carboxylic acids is 1. The standard InChI is InChI=1S/C11H17N3O4S/c1-3-4-5-6-13(2)19(17,18)10-7-12-14(8-10)9-11(15)16/h3,7-8H,1,4-6,9H2,2H3,(H,15,16). The summed E-state index contributed by atoms with van der Waals surface area (Å²) in [4.78, 5) is 10.5. The maximum absolute atomic E-state index is 12.1. The average Bonchev–Trinajstić information content (AvgIpc) is 2.77. The number of nitrogens with zero attached hydrogens (tertiary/aromatic N) is 3. The third-order valence-corrected chi connectivity index (χ3v) is 4.31. The molecule has 0 spiro atoms. The minimum Gasteiger partial charge on any atom is -0.480 e. The first-order chi connectivity index (χ1) is 8.87. The fourth-order valence-corrected chi connectivity index (χ4v) is 2.63. The van der Waals surface area contributed by atoms with E-state index in [1.54, 1.807) is 6.08 Å². The number of aromatic nitrogens is 2.